The van der Waals surface area contributed by atoms with Gasteiger partial charge in [-0.05, 0) is 24.1 Å². The molecule has 118 valence electrons. The van der Waals surface area contributed by atoms with Gasteiger partial charge >= 0.3 is 6.03 Å². The number of aryl methyl sites for hydroxylation is 1. The van der Waals surface area contributed by atoms with E-state index in [0.717, 1.165) is 11.1 Å². The number of nitrogens with two attached hydrogens (primary N) is 1. The van der Waals surface area contributed by atoms with Crippen LogP contribution in [0.5, 0.6) is 0 Å². The van der Waals surface area contributed by atoms with Gasteiger partial charge in [-0.3, -0.25) is 10.4 Å². The third-order valence-electron chi connectivity index (χ3n) is 3.39. The fourth-order valence-electron chi connectivity index (χ4n) is 2.16. The van der Waals surface area contributed by atoms with Crippen LogP contribution in [0.1, 0.15) is 11.1 Å². The second-order valence-electron chi connectivity index (χ2n) is 5.12. The number of nitrogens with zero attached hydrogens (tertiary/aromatic N) is 2. The Morgan fingerprint density at radius 2 is 2.22 bits per heavy atom. The number of fused-ring (bicyclic) bond motifs is 1. The van der Waals surface area contributed by atoms with E-state index in [1.54, 1.807) is 12.3 Å². The molecule has 0 aliphatic heterocycles. The third kappa shape index (κ3) is 3.35. The minimum atomic E-state index is -0.350. The summed E-state index contributed by atoms with van der Waals surface area (Å²) in [6.07, 6.45) is 1.56. The van der Waals surface area contributed by atoms with E-state index in [2.05, 4.69) is 25.8 Å². The van der Waals surface area contributed by atoms with Crippen LogP contribution in [0.3, 0.4) is 0 Å². The van der Waals surface area contributed by atoms with Gasteiger partial charge in [-0.15, -0.1) is 0 Å². The molecule has 0 bridgehead atoms. The first-order chi connectivity index (χ1) is 11.0. The Labute approximate surface area is 137 Å². The number of nitrogens with one attached hydrogen (secondary N) is 3. The number of aromatic amines is 1. The van der Waals surface area contributed by atoms with E-state index in [1.807, 2.05) is 25.1 Å². The molecule has 0 radical (unpaired) electrons. The molecule has 0 saturated carbocycles. The first-order valence-electron chi connectivity index (χ1n) is 6.92. The molecule has 0 aliphatic carbocycles. The molecule has 8 heteroatoms. The van der Waals surface area contributed by atoms with Crippen molar-refractivity contribution in [2.45, 2.75) is 13.5 Å². The van der Waals surface area contributed by atoms with Gasteiger partial charge in [-0.1, -0.05) is 23.7 Å². The van der Waals surface area contributed by atoms with Crippen molar-refractivity contribution in [3.8, 4) is 0 Å². The summed E-state index contributed by atoms with van der Waals surface area (Å²) in [4.78, 5) is 16.1. The van der Waals surface area contributed by atoms with Crippen LogP contribution >= 0.6 is 11.6 Å². The average Bonchev–Trinajstić information content (AvgIpc) is 2.89. The van der Waals surface area contributed by atoms with Crippen molar-refractivity contribution in [2.75, 3.05) is 11.1 Å². The van der Waals surface area contributed by atoms with E-state index >= 15 is 0 Å². The van der Waals surface area contributed by atoms with Crippen molar-refractivity contribution < 1.29 is 4.79 Å². The molecular formula is C15H15ClN6O. The van der Waals surface area contributed by atoms with Gasteiger partial charge in [-0.25, -0.2) is 9.78 Å². The number of rotatable bonds is 3. The minimum Gasteiger partial charge on any atom is -0.382 e. The molecule has 0 atom stereocenters. The highest BCUT2D eigenvalue weighted by molar-refractivity contribution is 6.31. The van der Waals surface area contributed by atoms with Crippen LogP contribution in [0.25, 0.3) is 10.9 Å². The number of hydrogen-bond donors (Lipinski definition) is 4. The number of urea groups is 1. The first-order valence-corrected chi connectivity index (χ1v) is 7.30. The van der Waals surface area contributed by atoms with E-state index < -0.39 is 0 Å². The van der Waals surface area contributed by atoms with E-state index in [0.29, 0.717) is 34.1 Å². The number of aromatic nitrogens is 3. The van der Waals surface area contributed by atoms with Crippen molar-refractivity contribution >= 4 is 40.2 Å². The smallest absolute Gasteiger partial charge is 0.320 e. The second-order valence-corrected chi connectivity index (χ2v) is 5.52. The summed E-state index contributed by atoms with van der Waals surface area (Å²) in [6.45, 7) is 2.31. The van der Waals surface area contributed by atoms with Gasteiger partial charge in [0.25, 0.3) is 0 Å². The summed E-state index contributed by atoms with van der Waals surface area (Å²) < 4.78 is 0. The Morgan fingerprint density at radius 1 is 1.39 bits per heavy atom. The number of hydrogen-bond acceptors (Lipinski definition) is 4. The zero-order valence-electron chi connectivity index (χ0n) is 12.4. The number of benzene rings is 1. The van der Waals surface area contributed by atoms with Gasteiger partial charge in [-0.2, -0.15) is 5.10 Å². The molecule has 0 fully saturated rings. The molecule has 0 unspecified atom stereocenters. The maximum atomic E-state index is 11.9. The highest BCUT2D eigenvalue weighted by Gasteiger charge is 2.07. The lowest BCUT2D eigenvalue weighted by Crippen LogP contribution is -2.28. The number of H-pyrrole nitrogens is 1. The van der Waals surface area contributed by atoms with Crippen LogP contribution in [-0.2, 0) is 6.54 Å². The fourth-order valence-corrected chi connectivity index (χ4v) is 2.28. The average molecular weight is 331 g/mol. The molecule has 3 aromatic rings. The van der Waals surface area contributed by atoms with Gasteiger partial charge < -0.3 is 11.1 Å². The van der Waals surface area contributed by atoms with Crippen molar-refractivity contribution in [1.82, 2.24) is 20.5 Å². The fraction of sp³-hybridized carbons (Fsp3) is 0.133. The lowest BCUT2D eigenvalue weighted by atomic mass is 10.1. The Bertz CT molecular complexity index is 876. The monoisotopic (exact) mass is 330 g/mol. The lowest BCUT2D eigenvalue weighted by molar-refractivity contribution is 0.251. The maximum Gasteiger partial charge on any atom is 0.320 e. The van der Waals surface area contributed by atoms with Crippen molar-refractivity contribution in [1.29, 1.82) is 0 Å². The van der Waals surface area contributed by atoms with Gasteiger partial charge in [0.15, 0.2) is 5.82 Å². The van der Waals surface area contributed by atoms with Crippen LogP contribution in [0.4, 0.5) is 16.4 Å². The van der Waals surface area contributed by atoms with Crippen LogP contribution in [-0.4, -0.2) is 21.2 Å². The standard InChI is InChI=1S/C15H15ClN6O/c1-8-4-9(2-3-11(8)16)6-19-15(23)20-13-5-12-10(7-18-13)14(17)22-21-12/h2-5,7H,6H2,1H3,(H3,17,21,22)(H2,18,19,20,23). The normalized spacial score (nSPS) is 10.7. The molecule has 23 heavy (non-hydrogen) atoms. The third-order valence-corrected chi connectivity index (χ3v) is 3.82. The van der Waals surface area contributed by atoms with E-state index in [4.69, 9.17) is 17.3 Å². The Balaban J connectivity index is 1.62. The minimum absolute atomic E-state index is 0.350. The second kappa shape index (κ2) is 6.13. The largest absolute Gasteiger partial charge is 0.382 e. The highest BCUT2D eigenvalue weighted by atomic mass is 35.5. The van der Waals surface area contributed by atoms with E-state index in [-0.39, 0.29) is 6.03 Å². The predicted molar refractivity (Wildman–Crippen MR) is 90.3 cm³/mol. The van der Waals surface area contributed by atoms with Gasteiger partial charge in [0.1, 0.15) is 5.82 Å². The lowest BCUT2D eigenvalue weighted by Gasteiger charge is -2.08. The number of anilines is 2. The summed E-state index contributed by atoms with van der Waals surface area (Å²) in [7, 11) is 0. The molecule has 5 N–H and O–H groups in total. The highest BCUT2D eigenvalue weighted by Crippen LogP contribution is 2.19. The molecule has 0 aliphatic rings. The van der Waals surface area contributed by atoms with E-state index in [1.165, 1.54) is 0 Å². The summed E-state index contributed by atoms with van der Waals surface area (Å²) in [6, 6.07) is 6.93. The topological polar surface area (TPSA) is 109 Å². The maximum absolute atomic E-state index is 11.9. The van der Waals surface area contributed by atoms with Gasteiger partial charge in [0.2, 0.25) is 0 Å². The Morgan fingerprint density at radius 3 is 3.00 bits per heavy atom. The molecule has 1 aromatic carbocycles. The van der Waals surface area contributed by atoms with Crippen molar-refractivity contribution in [3.05, 3.63) is 46.6 Å². The van der Waals surface area contributed by atoms with Gasteiger partial charge in [0, 0.05) is 23.8 Å². The molecule has 2 amide bonds. The quantitative estimate of drug-likeness (QED) is 0.592. The molecule has 0 spiro atoms. The number of amides is 2. The van der Waals surface area contributed by atoms with Crippen molar-refractivity contribution in [3.63, 3.8) is 0 Å². The summed E-state index contributed by atoms with van der Waals surface area (Å²) >= 11 is 5.98. The number of carbonyl (C=O) groups is 1. The van der Waals surface area contributed by atoms with Crippen molar-refractivity contribution in [2.24, 2.45) is 0 Å². The summed E-state index contributed by atoms with van der Waals surface area (Å²) in [5.74, 6) is 0.785. The Hall–Kier alpha value is -2.80. The first kappa shape index (κ1) is 15.1. The van der Waals surface area contributed by atoms with Gasteiger partial charge in [0.05, 0.1) is 10.9 Å². The molecule has 2 heterocycles. The molecule has 7 nitrogen and oxygen atoms in total. The number of halogens is 1. The summed E-state index contributed by atoms with van der Waals surface area (Å²) in [5, 5.41) is 13.5. The number of pyridine rings is 1. The number of nitrogen functional groups attached to an aromatic ring is 1. The van der Waals surface area contributed by atoms with Crippen LogP contribution in [0, 0.1) is 6.92 Å². The molecular weight excluding hydrogens is 316 g/mol. The SMILES string of the molecule is Cc1cc(CNC(=O)Nc2cc3[nH]nc(N)c3cn2)ccc1Cl. The molecule has 3 rings (SSSR count). The molecule has 2 aromatic heterocycles. The summed E-state index contributed by atoms with van der Waals surface area (Å²) in [5.41, 5.74) is 8.31. The van der Waals surface area contributed by atoms with Crippen LogP contribution in [0.15, 0.2) is 30.5 Å². The predicted octanol–water partition coefficient (Wildman–Crippen LogP) is 2.82. The van der Waals surface area contributed by atoms with Crippen LogP contribution < -0.4 is 16.4 Å². The zero-order chi connectivity index (χ0) is 16.4. The molecule has 0 saturated heterocycles. The van der Waals surface area contributed by atoms with Crippen LogP contribution in [0.2, 0.25) is 5.02 Å². The zero-order valence-corrected chi connectivity index (χ0v) is 13.1. The van der Waals surface area contributed by atoms with E-state index in [9.17, 15) is 4.79 Å². The number of carbonyl (C=O) groups excluding carboxylic acids is 1. The Kier molecular flexibility index (Phi) is 4.03.